The average Bonchev–Trinajstić information content (AvgIpc) is 2.85. The van der Waals surface area contributed by atoms with Crippen LogP contribution in [0.3, 0.4) is 0 Å². The SMILES string of the molecule is CC(c1ccc(O)cc1)C(c1ccccc1)C(C)c1ccc(C(C#N)CCC(=O)OC(C)(C)C)cc1. The summed E-state index contributed by atoms with van der Waals surface area (Å²) in [6.45, 7) is 10.0. The third kappa shape index (κ3) is 7.21. The Labute approximate surface area is 215 Å². The molecule has 3 aromatic rings. The van der Waals surface area contributed by atoms with Crippen LogP contribution in [0.2, 0.25) is 0 Å². The monoisotopic (exact) mass is 483 g/mol. The van der Waals surface area contributed by atoms with Crippen LogP contribution in [-0.4, -0.2) is 16.7 Å². The summed E-state index contributed by atoms with van der Waals surface area (Å²) < 4.78 is 5.39. The maximum absolute atomic E-state index is 12.1. The van der Waals surface area contributed by atoms with E-state index in [-0.39, 0.29) is 41.8 Å². The summed E-state index contributed by atoms with van der Waals surface area (Å²) in [5.41, 5.74) is 4.03. The summed E-state index contributed by atoms with van der Waals surface area (Å²) in [5, 5.41) is 19.5. The smallest absolute Gasteiger partial charge is 0.306 e. The molecular weight excluding hydrogens is 446 g/mol. The largest absolute Gasteiger partial charge is 0.508 e. The Balaban J connectivity index is 1.80. The van der Waals surface area contributed by atoms with Gasteiger partial charge in [-0.15, -0.1) is 0 Å². The highest BCUT2D eigenvalue weighted by Gasteiger charge is 2.28. The number of carbonyl (C=O) groups is 1. The first-order chi connectivity index (χ1) is 17.1. The van der Waals surface area contributed by atoms with Crippen LogP contribution in [0.5, 0.6) is 5.75 Å². The number of phenols is 1. The fourth-order valence-electron chi connectivity index (χ4n) is 4.87. The predicted octanol–water partition coefficient (Wildman–Crippen LogP) is 7.81. The molecule has 3 aromatic carbocycles. The van der Waals surface area contributed by atoms with Crippen LogP contribution in [-0.2, 0) is 9.53 Å². The highest BCUT2D eigenvalue weighted by Crippen LogP contribution is 2.43. The average molecular weight is 484 g/mol. The molecule has 3 rings (SSSR count). The number of ether oxygens (including phenoxy) is 1. The molecule has 1 N–H and O–H groups in total. The van der Waals surface area contributed by atoms with Gasteiger partial charge in [0.05, 0.1) is 12.0 Å². The lowest BCUT2D eigenvalue weighted by Gasteiger charge is -2.31. The van der Waals surface area contributed by atoms with E-state index in [1.165, 1.54) is 16.7 Å². The summed E-state index contributed by atoms with van der Waals surface area (Å²) in [6, 6.07) is 28.6. The Morgan fingerprint density at radius 1 is 0.833 bits per heavy atom. The van der Waals surface area contributed by atoms with E-state index in [0.717, 1.165) is 5.56 Å². The quantitative estimate of drug-likeness (QED) is 0.315. The lowest BCUT2D eigenvalue weighted by atomic mass is 9.73. The first-order valence-electron chi connectivity index (χ1n) is 12.6. The summed E-state index contributed by atoms with van der Waals surface area (Å²) in [4.78, 5) is 12.1. The Kier molecular flexibility index (Phi) is 8.93. The third-order valence-electron chi connectivity index (χ3n) is 6.76. The fourth-order valence-corrected chi connectivity index (χ4v) is 4.87. The van der Waals surface area contributed by atoms with E-state index in [1.54, 1.807) is 12.1 Å². The van der Waals surface area contributed by atoms with Crippen molar-refractivity contribution >= 4 is 5.97 Å². The Hall–Kier alpha value is -3.58. The van der Waals surface area contributed by atoms with Gasteiger partial charge in [0, 0.05) is 6.42 Å². The van der Waals surface area contributed by atoms with Crippen molar-refractivity contribution in [2.75, 3.05) is 0 Å². The van der Waals surface area contributed by atoms with Gasteiger partial charge in [0.25, 0.3) is 0 Å². The van der Waals surface area contributed by atoms with E-state index in [0.29, 0.717) is 6.42 Å². The van der Waals surface area contributed by atoms with Crippen LogP contribution in [0.25, 0.3) is 0 Å². The molecule has 0 saturated carbocycles. The van der Waals surface area contributed by atoms with Gasteiger partial charge in [0.2, 0.25) is 0 Å². The van der Waals surface area contributed by atoms with Crippen molar-refractivity contribution < 1.29 is 14.6 Å². The van der Waals surface area contributed by atoms with Gasteiger partial charge in [0.1, 0.15) is 11.4 Å². The van der Waals surface area contributed by atoms with Gasteiger partial charge < -0.3 is 9.84 Å². The number of nitrogens with zero attached hydrogens (tertiary/aromatic N) is 1. The van der Waals surface area contributed by atoms with Gasteiger partial charge in [0.15, 0.2) is 0 Å². The first-order valence-corrected chi connectivity index (χ1v) is 12.6. The summed E-state index contributed by atoms with van der Waals surface area (Å²) in [6.07, 6.45) is 0.652. The second-order valence-corrected chi connectivity index (χ2v) is 10.6. The van der Waals surface area contributed by atoms with Crippen LogP contribution in [0.15, 0.2) is 78.9 Å². The van der Waals surface area contributed by atoms with Crippen molar-refractivity contribution in [3.63, 3.8) is 0 Å². The van der Waals surface area contributed by atoms with E-state index in [9.17, 15) is 15.2 Å². The number of nitriles is 1. The molecule has 188 valence electrons. The number of hydrogen-bond donors (Lipinski definition) is 1. The molecule has 0 aliphatic heterocycles. The highest BCUT2D eigenvalue weighted by atomic mass is 16.6. The maximum Gasteiger partial charge on any atom is 0.306 e. The standard InChI is InChI=1S/C32H37NO3/c1-22(31(27-9-7-6-8-10-27)23(2)25-15-18-29(34)19-16-25)24-11-13-26(14-12-24)28(21-33)17-20-30(35)36-32(3,4)5/h6-16,18-19,22-23,28,31,34H,17,20H2,1-5H3. The van der Waals surface area contributed by atoms with Crippen LogP contribution in [0.1, 0.15) is 93.4 Å². The van der Waals surface area contributed by atoms with Gasteiger partial charge >= 0.3 is 5.97 Å². The lowest BCUT2D eigenvalue weighted by molar-refractivity contribution is -0.154. The molecule has 0 bridgehead atoms. The number of phenolic OH excluding ortho intramolecular Hbond substituents is 1. The Morgan fingerprint density at radius 3 is 1.83 bits per heavy atom. The number of benzene rings is 3. The van der Waals surface area contributed by atoms with Crippen LogP contribution < -0.4 is 0 Å². The molecule has 0 saturated heterocycles. The van der Waals surface area contributed by atoms with Gasteiger partial charge in [-0.3, -0.25) is 4.79 Å². The summed E-state index contributed by atoms with van der Waals surface area (Å²) in [5.74, 6) is 0.297. The normalized spacial score (nSPS) is 14.8. The highest BCUT2D eigenvalue weighted by molar-refractivity contribution is 5.70. The molecule has 0 aliphatic rings. The zero-order chi connectivity index (χ0) is 26.3. The Bertz CT molecular complexity index is 1160. The molecule has 0 aromatic heterocycles. The molecule has 4 nitrogen and oxygen atoms in total. The number of hydrogen-bond acceptors (Lipinski definition) is 4. The van der Waals surface area contributed by atoms with Crippen LogP contribution in [0, 0.1) is 11.3 Å². The molecular formula is C32H37NO3. The van der Waals surface area contributed by atoms with Crippen molar-refractivity contribution in [3.8, 4) is 11.8 Å². The number of rotatable bonds is 9. The fraction of sp³-hybridized carbons (Fsp3) is 0.375. The second-order valence-electron chi connectivity index (χ2n) is 10.6. The van der Waals surface area contributed by atoms with Crippen molar-refractivity contribution in [3.05, 3.63) is 101 Å². The molecule has 0 spiro atoms. The molecule has 36 heavy (non-hydrogen) atoms. The molecule has 4 heteroatoms. The van der Waals surface area contributed by atoms with Crippen LogP contribution >= 0.6 is 0 Å². The van der Waals surface area contributed by atoms with Crippen molar-refractivity contribution in [1.29, 1.82) is 5.26 Å². The molecule has 0 heterocycles. The molecule has 4 unspecified atom stereocenters. The molecule has 4 atom stereocenters. The van der Waals surface area contributed by atoms with Gasteiger partial charge in [-0.05, 0) is 79.3 Å². The van der Waals surface area contributed by atoms with Gasteiger partial charge in [-0.25, -0.2) is 0 Å². The second kappa shape index (κ2) is 11.9. The minimum atomic E-state index is -0.524. The Morgan fingerprint density at radius 2 is 1.33 bits per heavy atom. The minimum Gasteiger partial charge on any atom is -0.508 e. The zero-order valence-corrected chi connectivity index (χ0v) is 21.9. The van der Waals surface area contributed by atoms with E-state index < -0.39 is 5.60 Å². The van der Waals surface area contributed by atoms with Crippen LogP contribution in [0.4, 0.5) is 0 Å². The summed E-state index contributed by atoms with van der Waals surface area (Å²) >= 11 is 0. The predicted molar refractivity (Wildman–Crippen MR) is 144 cm³/mol. The summed E-state index contributed by atoms with van der Waals surface area (Å²) in [7, 11) is 0. The molecule has 0 aliphatic carbocycles. The van der Waals surface area contributed by atoms with Crippen molar-refractivity contribution in [1.82, 2.24) is 0 Å². The lowest BCUT2D eigenvalue weighted by Crippen LogP contribution is -2.23. The van der Waals surface area contributed by atoms with E-state index in [4.69, 9.17) is 4.74 Å². The number of esters is 1. The molecule has 0 fully saturated rings. The number of carbonyl (C=O) groups excluding carboxylic acids is 1. The maximum atomic E-state index is 12.1. The minimum absolute atomic E-state index is 0.215. The topological polar surface area (TPSA) is 70.3 Å². The van der Waals surface area contributed by atoms with Crippen molar-refractivity contribution in [2.24, 2.45) is 0 Å². The molecule has 0 radical (unpaired) electrons. The van der Waals surface area contributed by atoms with Gasteiger partial charge in [-0.1, -0.05) is 80.6 Å². The van der Waals surface area contributed by atoms with E-state index in [1.807, 2.05) is 51.1 Å². The third-order valence-corrected chi connectivity index (χ3v) is 6.76. The van der Waals surface area contributed by atoms with E-state index in [2.05, 4.69) is 56.3 Å². The molecule has 0 amide bonds. The van der Waals surface area contributed by atoms with Gasteiger partial charge in [-0.2, -0.15) is 5.26 Å². The van der Waals surface area contributed by atoms with Crippen molar-refractivity contribution in [2.45, 2.75) is 76.7 Å². The zero-order valence-electron chi connectivity index (χ0n) is 21.9. The number of aromatic hydroxyl groups is 1. The first kappa shape index (κ1) is 27.0. The van der Waals surface area contributed by atoms with E-state index >= 15 is 0 Å².